The summed E-state index contributed by atoms with van der Waals surface area (Å²) in [4.78, 5) is 110. The molecule has 11 N–H and O–H groups in total. The number of nitrogens with one attached hydrogen (secondary N) is 5. The van der Waals surface area contributed by atoms with E-state index < -0.39 is 127 Å². The number of hydrogen-bond acceptors (Lipinski definition) is 12. The van der Waals surface area contributed by atoms with Crippen LogP contribution in [0, 0.1) is 17.8 Å². The molecule has 1 heterocycles. The summed E-state index contributed by atoms with van der Waals surface area (Å²) in [6, 6.07) is -7.41. The van der Waals surface area contributed by atoms with E-state index in [1.807, 2.05) is 0 Å². The SMILES string of the molecule is CC(N)=NCCCCCCCCCCCCC(O)CC(=O)NC1C(=O)CC(C(C)C)C(=O)NC(C(C)C)C(=O)NC(CO)C(=O)NC(CC(N)=O)C(=O)NC(C)C(=O)OC1C. The minimum Gasteiger partial charge on any atom is -0.458 e. The number of esters is 1. The average Bonchev–Trinajstić information content (AvgIpc) is 3.17. The van der Waals surface area contributed by atoms with Crippen molar-refractivity contribution in [2.24, 2.45) is 34.2 Å². The van der Waals surface area contributed by atoms with Crippen LogP contribution in [0.25, 0.3) is 0 Å². The van der Waals surface area contributed by atoms with Crippen molar-refractivity contribution in [2.75, 3.05) is 13.2 Å². The van der Waals surface area contributed by atoms with Crippen molar-refractivity contribution < 1.29 is 53.3 Å². The quantitative estimate of drug-likeness (QED) is 0.0331. The van der Waals surface area contributed by atoms with Crippen molar-refractivity contribution in [1.82, 2.24) is 26.6 Å². The molecule has 0 radical (unpaired) electrons. The third kappa shape index (κ3) is 21.6. The van der Waals surface area contributed by atoms with Crippen LogP contribution in [0.5, 0.6) is 0 Å². The number of ether oxygens (including phenoxy) is 1. The van der Waals surface area contributed by atoms with Gasteiger partial charge in [-0.15, -0.1) is 0 Å². The Balaban J connectivity index is 3.14. The van der Waals surface area contributed by atoms with Gasteiger partial charge in [0.2, 0.25) is 35.4 Å². The zero-order valence-corrected chi connectivity index (χ0v) is 37.3. The zero-order valence-electron chi connectivity index (χ0n) is 37.3. The molecule has 1 aliphatic heterocycles. The highest BCUT2D eigenvalue weighted by molar-refractivity contribution is 5.98. The molecule has 0 aromatic heterocycles. The molecule has 6 amide bonds. The highest BCUT2D eigenvalue weighted by atomic mass is 16.5. The van der Waals surface area contributed by atoms with Crippen LogP contribution in [0.4, 0.5) is 0 Å². The second-order valence-corrected chi connectivity index (χ2v) is 16.8. The predicted octanol–water partition coefficient (Wildman–Crippen LogP) is 0.550. The van der Waals surface area contributed by atoms with Gasteiger partial charge >= 0.3 is 5.97 Å². The van der Waals surface area contributed by atoms with Crippen LogP contribution in [0.2, 0.25) is 0 Å². The number of carbonyl (C=O) groups excluding carboxylic acids is 8. The fourth-order valence-corrected chi connectivity index (χ4v) is 6.80. The average molecular weight is 867 g/mol. The number of nitrogens with two attached hydrogens (primary N) is 2. The van der Waals surface area contributed by atoms with Crippen molar-refractivity contribution in [2.45, 2.75) is 181 Å². The lowest BCUT2D eigenvalue weighted by Gasteiger charge is -2.29. The van der Waals surface area contributed by atoms with Crippen LogP contribution >= 0.6 is 0 Å². The Hall–Kier alpha value is -4.65. The molecule has 0 aromatic carbocycles. The second-order valence-electron chi connectivity index (χ2n) is 16.8. The number of carbonyl (C=O) groups is 8. The highest BCUT2D eigenvalue weighted by Gasteiger charge is 2.38. The minimum absolute atomic E-state index is 0.339. The topological polar surface area (TPSA) is 311 Å². The van der Waals surface area contributed by atoms with Gasteiger partial charge in [-0.2, -0.15) is 0 Å². The second kappa shape index (κ2) is 28.8. The molecule has 0 bridgehead atoms. The van der Waals surface area contributed by atoms with E-state index in [-0.39, 0.29) is 6.42 Å². The number of aliphatic hydroxyl groups excluding tert-OH is 2. The van der Waals surface area contributed by atoms with E-state index in [9.17, 15) is 48.6 Å². The van der Waals surface area contributed by atoms with E-state index in [1.54, 1.807) is 34.6 Å². The Bertz CT molecular complexity index is 1490. The molecular weight excluding hydrogens is 793 g/mol. The van der Waals surface area contributed by atoms with Crippen molar-refractivity contribution in [3.05, 3.63) is 0 Å². The molecule has 0 aromatic rings. The molecule has 0 aliphatic carbocycles. The number of Topliss-reactive ketones (excluding diaryl/α,β-unsaturated/α-hetero) is 1. The molecule has 61 heavy (non-hydrogen) atoms. The number of ketones is 1. The highest BCUT2D eigenvalue weighted by Crippen LogP contribution is 2.21. The van der Waals surface area contributed by atoms with E-state index in [4.69, 9.17) is 16.2 Å². The number of aliphatic imine (C=N–C) groups is 1. The first kappa shape index (κ1) is 54.4. The van der Waals surface area contributed by atoms with Crippen LogP contribution in [0.15, 0.2) is 4.99 Å². The van der Waals surface area contributed by atoms with Crippen LogP contribution in [0.3, 0.4) is 0 Å². The molecule has 1 saturated heterocycles. The summed E-state index contributed by atoms with van der Waals surface area (Å²) in [6.45, 7) is 10.9. The molecular formula is C42H74N8O11. The van der Waals surface area contributed by atoms with E-state index in [1.165, 1.54) is 26.7 Å². The van der Waals surface area contributed by atoms with Gasteiger partial charge in [-0.3, -0.25) is 38.6 Å². The number of amidine groups is 1. The van der Waals surface area contributed by atoms with Gasteiger partial charge in [0.05, 0.1) is 31.4 Å². The molecule has 8 unspecified atom stereocenters. The predicted molar refractivity (Wildman–Crippen MR) is 228 cm³/mol. The maximum absolute atomic E-state index is 14.0. The number of primary amides is 1. The van der Waals surface area contributed by atoms with Gasteiger partial charge in [0.1, 0.15) is 36.3 Å². The summed E-state index contributed by atoms with van der Waals surface area (Å²) >= 11 is 0. The Morgan fingerprint density at radius 2 is 1.31 bits per heavy atom. The van der Waals surface area contributed by atoms with Gasteiger partial charge in [0, 0.05) is 18.9 Å². The number of rotatable bonds is 21. The molecule has 1 rings (SSSR count). The Morgan fingerprint density at radius 3 is 1.84 bits per heavy atom. The number of hydrogen-bond donors (Lipinski definition) is 9. The summed E-state index contributed by atoms with van der Waals surface area (Å²) in [5.41, 5.74) is 10.9. The molecule has 1 fully saturated rings. The third-order valence-corrected chi connectivity index (χ3v) is 10.5. The first-order valence-corrected chi connectivity index (χ1v) is 21.8. The fourth-order valence-electron chi connectivity index (χ4n) is 6.80. The van der Waals surface area contributed by atoms with Gasteiger partial charge in [-0.25, -0.2) is 4.79 Å². The van der Waals surface area contributed by atoms with Crippen molar-refractivity contribution in [3.63, 3.8) is 0 Å². The molecule has 1 aliphatic rings. The van der Waals surface area contributed by atoms with Gasteiger partial charge in [0.25, 0.3) is 0 Å². The Kier molecular flexibility index (Phi) is 25.7. The maximum atomic E-state index is 14.0. The van der Waals surface area contributed by atoms with E-state index in [0.717, 1.165) is 51.5 Å². The summed E-state index contributed by atoms with van der Waals surface area (Å²) in [6.07, 6.45) is 6.95. The van der Waals surface area contributed by atoms with Gasteiger partial charge in [-0.05, 0) is 45.4 Å². The zero-order chi connectivity index (χ0) is 46.2. The van der Waals surface area contributed by atoms with Crippen LogP contribution < -0.4 is 38.1 Å². The van der Waals surface area contributed by atoms with Crippen LogP contribution in [-0.4, -0.2) is 119 Å². The Morgan fingerprint density at radius 1 is 0.770 bits per heavy atom. The number of unbranched alkanes of at least 4 members (excludes halogenated alkanes) is 9. The third-order valence-electron chi connectivity index (χ3n) is 10.5. The number of cyclic esters (lactones) is 1. The molecule has 0 saturated carbocycles. The van der Waals surface area contributed by atoms with Crippen LogP contribution in [-0.2, 0) is 43.1 Å². The molecule has 0 spiro atoms. The van der Waals surface area contributed by atoms with Crippen molar-refractivity contribution >= 4 is 53.0 Å². The smallest absolute Gasteiger partial charge is 0.328 e. The normalized spacial score (nSPS) is 24.7. The fraction of sp³-hybridized carbons (Fsp3) is 0.786. The molecule has 8 atom stereocenters. The number of amides is 6. The van der Waals surface area contributed by atoms with Crippen molar-refractivity contribution in [1.29, 1.82) is 0 Å². The van der Waals surface area contributed by atoms with Crippen molar-refractivity contribution in [3.8, 4) is 0 Å². The first-order valence-electron chi connectivity index (χ1n) is 21.8. The molecule has 19 nitrogen and oxygen atoms in total. The monoisotopic (exact) mass is 867 g/mol. The van der Waals surface area contributed by atoms with E-state index in [2.05, 4.69) is 31.6 Å². The van der Waals surface area contributed by atoms with Gasteiger partial charge in [-0.1, -0.05) is 85.5 Å². The van der Waals surface area contributed by atoms with E-state index in [0.29, 0.717) is 18.7 Å². The lowest BCUT2D eigenvalue weighted by Crippen LogP contribution is -2.60. The number of aliphatic hydroxyl groups is 2. The van der Waals surface area contributed by atoms with Gasteiger partial charge < -0.3 is 53.0 Å². The van der Waals surface area contributed by atoms with E-state index >= 15 is 0 Å². The largest absolute Gasteiger partial charge is 0.458 e. The van der Waals surface area contributed by atoms with Crippen LogP contribution in [0.1, 0.15) is 138 Å². The summed E-state index contributed by atoms with van der Waals surface area (Å²) in [7, 11) is 0. The lowest BCUT2D eigenvalue weighted by molar-refractivity contribution is -0.155. The summed E-state index contributed by atoms with van der Waals surface area (Å²) < 4.78 is 5.55. The Labute approximate surface area is 360 Å². The molecule has 19 heteroatoms. The molecule has 348 valence electrons. The first-order chi connectivity index (χ1) is 28.7. The lowest BCUT2D eigenvalue weighted by atomic mass is 9.86. The summed E-state index contributed by atoms with van der Waals surface area (Å²) in [5.74, 6) is -8.46. The standard InChI is InChI=1S/C42H74N8O11/c1-24(2)30-21-33(53)37(49-35(55)20-29(52)18-16-14-12-10-8-9-11-13-15-17-19-45-28(7)43)27(6)61-42(60)26(5)46-39(57)31(22-34(44)54)47-40(58)32(23-51)48-41(59)36(25(3)4)50-38(30)56/h24-27,29-32,36-37,51-52H,8-23H2,1-7H3,(H2,43,45)(H2,44,54)(H,46,57)(H,47,58)(H,48,59)(H,49,55)(H,50,56). The summed E-state index contributed by atoms with van der Waals surface area (Å²) in [5, 5.41) is 32.8. The van der Waals surface area contributed by atoms with Gasteiger partial charge in [0.15, 0.2) is 5.78 Å². The maximum Gasteiger partial charge on any atom is 0.328 e. The minimum atomic E-state index is -1.64. The number of nitrogens with zero attached hydrogens (tertiary/aromatic N) is 1.